The molecule has 0 atom stereocenters. The largest absolute Gasteiger partial charge is 0.329 e. The third kappa shape index (κ3) is 3.24. The Morgan fingerprint density at radius 3 is 2.71 bits per heavy atom. The predicted octanol–water partition coefficient (Wildman–Crippen LogP) is 2.23. The van der Waals surface area contributed by atoms with Crippen LogP contribution in [0.1, 0.15) is 18.7 Å². The lowest BCUT2D eigenvalue weighted by Crippen LogP contribution is -2.34. The van der Waals surface area contributed by atoms with Gasteiger partial charge in [0.25, 0.3) is 0 Å². The SMILES string of the molecule is CC(C)(CNCCN)c1ccc(Cl)s1. The summed E-state index contributed by atoms with van der Waals surface area (Å²) in [7, 11) is 0. The molecule has 0 aliphatic carbocycles. The minimum atomic E-state index is 0.132. The van der Waals surface area contributed by atoms with E-state index in [-0.39, 0.29) is 5.41 Å². The Morgan fingerprint density at radius 1 is 1.50 bits per heavy atom. The zero-order chi connectivity index (χ0) is 10.6. The summed E-state index contributed by atoms with van der Waals surface area (Å²) >= 11 is 7.55. The van der Waals surface area contributed by atoms with E-state index in [1.165, 1.54) is 4.88 Å². The van der Waals surface area contributed by atoms with Crippen molar-refractivity contribution in [3.05, 3.63) is 21.3 Å². The highest BCUT2D eigenvalue weighted by Crippen LogP contribution is 2.31. The van der Waals surface area contributed by atoms with E-state index in [4.69, 9.17) is 17.3 Å². The van der Waals surface area contributed by atoms with Gasteiger partial charge in [0.1, 0.15) is 0 Å². The Bertz CT molecular complexity index is 283. The molecule has 14 heavy (non-hydrogen) atoms. The standard InChI is InChI=1S/C10H17ClN2S/c1-10(2,7-13-6-5-12)8-3-4-9(11)14-8/h3-4,13H,5-7,12H2,1-2H3. The summed E-state index contributed by atoms with van der Waals surface area (Å²) in [6, 6.07) is 4.05. The van der Waals surface area contributed by atoms with Gasteiger partial charge in [0.15, 0.2) is 0 Å². The van der Waals surface area contributed by atoms with Crippen LogP contribution in [0.4, 0.5) is 0 Å². The average Bonchev–Trinajstić information content (AvgIpc) is 2.53. The van der Waals surface area contributed by atoms with Gasteiger partial charge >= 0.3 is 0 Å². The second-order valence-electron chi connectivity index (χ2n) is 3.95. The Hall–Kier alpha value is -0.0900. The van der Waals surface area contributed by atoms with E-state index in [9.17, 15) is 0 Å². The highest BCUT2D eigenvalue weighted by Gasteiger charge is 2.21. The monoisotopic (exact) mass is 232 g/mol. The molecule has 4 heteroatoms. The van der Waals surface area contributed by atoms with Crippen LogP contribution in [-0.2, 0) is 5.41 Å². The molecule has 1 aromatic heterocycles. The third-order valence-electron chi connectivity index (χ3n) is 2.13. The van der Waals surface area contributed by atoms with Gasteiger partial charge in [0, 0.05) is 29.9 Å². The molecule has 0 bridgehead atoms. The molecule has 0 saturated carbocycles. The van der Waals surface area contributed by atoms with Crippen LogP contribution >= 0.6 is 22.9 Å². The van der Waals surface area contributed by atoms with E-state index >= 15 is 0 Å². The zero-order valence-corrected chi connectivity index (χ0v) is 10.2. The molecule has 0 aromatic carbocycles. The van der Waals surface area contributed by atoms with Crippen molar-refractivity contribution in [2.24, 2.45) is 5.73 Å². The van der Waals surface area contributed by atoms with Crippen LogP contribution in [0.15, 0.2) is 12.1 Å². The Labute approximate surface area is 94.5 Å². The minimum Gasteiger partial charge on any atom is -0.329 e. The summed E-state index contributed by atoms with van der Waals surface area (Å²) in [5.74, 6) is 0. The van der Waals surface area contributed by atoms with Crippen LogP contribution in [0.3, 0.4) is 0 Å². The summed E-state index contributed by atoms with van der Waals surface area (Å²) in [4.78, 5) is 1.31. The molecule has 1 heterocycles. The van der Waals surface area contributed by atoms with Gasteiger partial charge < -0.3 is 11.1 Å². The Morgan fingerprint density at radius 2 is 2.21 bits per heavy atom. The predicted molar refractivity (Wildman–Crippen MR) is 64.3 cm³/mol. The van der Waals surface area contributed by atoms with Crippen LogP contribution in [0.5, 0.6) is 0 Å². The van der Waals surface area contributed by atoms with E-state index in [0.717, 1.165) is 17.4 Å². The van der Waals surface area contributed by atoms with Crippen molar-refractivity contribution in [1.82, 2.24) is 5.32 Å². The second-order valence-corrected chi connectivity index (χ2v) is 5.67. The fourth-order valence-electron chi connectivity index (χ4n) is 1.27. The van der Waals surface area contributed by atoms with Gasteiger partial charge in [-0.05, 0) is 12.1 Å². The van der Waals surface area contributed by atoms with E-state index in [0.29, 0.717) is 6.54 Å². The first-order valence-corrected chi connectivity index (χ1v) is 5.92. The van der Waals surface area contributed by atoms with E-state index in [1.807, 2.05) is 6.07 Å². The van der Waals surface area contributed by atoms with Gasteiger partial charge in [-0.2, -0.15) is 0 Å². The maximum atomic E-state index is 5.91. The molecule has 0 amide bonds. The summed E-state index contributed by atoms with van der Waals surface area (Å²) < 4.78 is 0.854. The number of nitrogens with two attached hydrogens (primary N) is 1. The van der Waals surface area contributed by atoms with Crippen LogP contribution in [-0.4, -0.2) is 19.6 Å². The molecule has 0 saturated heterocycles. The van der Waals surface area contributed by atoms with E-state index < -0.39 is 0 Å². The van der Waals surface area contributed by atoms with Crippen molar-refractivity contribution >= 4 is 22.9 Å². The van der Waals surface area contributed by atoms with Crippen molar-refractivity contribution in [3.63, 3.8) is 0 Å². The minimum absolute atomic E-state index is 0.132. The Kier molecular flexibility index (Phi) is 4.38. The lowest BCUT2D eigenvalue weighted by atomic mass is 9.91. The molecule has 80 valence electrons. The van der Waals surface area contributed by atoms with Crippen molar-refractivity contribution in [2.45, 2.75) is 19.3 Å². The topological polar surface area (TPSA) is 38.0 Å². The Balaban J connectivity index is 2.56. The number of thiophene rings is 1. The zero-order valence-electron chi connectivity index (χ0n) is 8.64. The van der Waals surface area contributed by atoms with Gasteiger partial charge in [0.2, 0.25) is 0 Å². The van der Waals surface area contributed by atoms with Gasteiger partial charge in [0.05, 0.1) is 4.34 Å². The van der Waals surface area contributed by atoms with Gasteiger partial charge in [-0.3, -0.25) is 0 Å². The molecule has 3 N–H and O–H groups in total. The molecule has 0 radical (unpaired) electrons. The van der Waals surface area contributed by atoms with Crippen molar-refractivity contribution in [3.8, 4) is 0 Å². The quantitative estimate of drug-likeness (QED) is 0.765. The maximum absolute atomic E-state index is 5.91. The molecular weight excluding hydrogens is 216 g/mol. The highest BCUT2D eigenvalue weighted by molar-refractivity contribution is 7.16. The first kappa shape index (κ1) is 12.0. The van der Waals surface area contributed by atoms with E-state index in [1.54, 1.807) is 11.3 Å². The lowest BCUT2D eigenvalue weighted by Gasteiger charge is -2.23. The number of hydrogen-bond acceptors (Lipinski definition) is 3. The average molecular weight is 233 g/mol. The number of hydrogen-bond donors (Lipinski definition) is 2. The first-order valence-electron chi connectivity index (χ1n) is 4.73. The van der Waals surface area contributed by atoms with Crippen molar-refractivity contribution in [1.29, 1.82) is 0 Å². The first-order chi connectivity index (χ1) is 6.56. The highest BCUT2D eigenvalue weighted by atomic mass is 35.5. The molecule has 0 unspecified atom stereocenters. The summed E-state index contributed by atoms with van der Waals surface area (Å²) in [6.07, 6.45) is 0. The summed E-state index contributed by atoms with van der Waals surface area (Å²) in [5, 5.41) is 3.32. The van der Waals surface area contributed by atoms with Crippen LogP contribution in [0.25, 0.3) is 0 Å². The number of rotatable bonds is 5. The number of halogens is 1. The molecular formula is C10H17ClN2S. The summed E-state index contributed by atoms with van der Waals surface area (Å²) in [6.45, 7) is 6.89. The van der Waals surface area contributed by atoms with Crippen LogP contribution in [0.2, 0.25) is 4.34 Å². The normalized spacial score (nSPS) is 12.0. The second kappa shape index (κ2) is 5.12. The smallest absolute Gasteiger partial charge is 0.0931 e. The molecule has 2 nitrogen and oxygen atoms in total. The van der Waals surface area contributed by atoms with Gasteiger partial charge in [-0.15, -0.1) is 11.3 Å². The van der Waals surface area contributed by atoms with Crippen molar-refractivity contribution < 1.29 is 0 Å². The molecule has 1 aromatic rings. The maximum Gasteiger partial charge on any atom is 0.0931 e. The van der Waals surface area contributed by atoms with Crippen molar-refractivity contribution in [2.75, 3.05) is 19.6 Å². The summed E-state index contributed by atoms with van der Waals surface area (Å²) in [5.41, 5.74) is 5.55. The van der Waals surface area contributed by atoms with Gasteiger partial charge in [-0.25, -0.2) is 0 Å². The molecule has 1 rings (SSSR count). The van der Waals surface area contributed by atoms with E-state index in [2.05, 4.69) is 25.2 Å². The number of nitrogens with one attached hydrogen (secondary N) is 1. The molecule has 0 aliphatic rings. The third-order valence-corrected chi connectivity index (χ3v) is 3.73. The molecule has 0 aliphatic heterocycles. The lowest BCUT2D eigenvalue weighted by molar-refractivity contribution is 0.481. The van der Waals surface area contributed by atoms with Crippen LogP contribution < -0.4 is 11.1 Å². The fraction of sp³-hybridized carbons (Fsp3) is 0.600. The molecule has 0 spiro atoms. The van der Waals surface area contributed by atoms with Crippen LogP contribution in [0, 0.1) is 0 Å². The molecule has 0 fully saturated rings. The fourth-order valence-corrected chi connectivity index (χ4v) is 2.41. The van der Waals surface area contributed by atoms with Gasteiger partial charge in [-0.1, -0.05) is 25.4 Å².